The van der Waals surface area contributed by atoms with Gasteiger partial charge in [-0.25, -0.2) is 5.43 Å². The van der Waals surface area contributed by atoms with E-state index in [1.54, 1.807) is 54.7 Å². The minimum atomic E-state index is -1.87. The molecule has 178 valence electrons. The molecule has 35 heavy (non-hydrogen) atoms. The number of hydrogen-bond acceptors (Lipinski definition) is 4. The number of nitrogens with zero attached hydrogens (tertiary/aromatic N) is 3. The molecule has 0 aliphatic carbocycles. The Morgan fingerprint density at radius 1 is 0.914 bits per heavy atom. The summed E-state index contributed by atoms with van der Waals surface area (Å²) in [5.74, 6) is -0.626. The molecule has 0 atom stereocenters. The van der Waals surface area contributed by atoms with E-state index in [4.69, 9.17) is 0 Å². The number of rotatable bonds is 7. The van der Waals surface area contributed by atoms with Crippen molar-refractivity contribution in [3.05, 3.63) is 119 Å². The number of aromatic nitrogens is 1. The van der Waals surface area contributed by atoms with E-state index in [2.05, 4.69) is 44.3 Å². The second kappa shape index (κ2) is 9.99. The van der Waals surface area contributed by atoms with Crippen LogP contribution in [0.2, 0.25) is 0 Å². The average molecular weight is 467 g/mol. The van der Waals surface area contributed by atoms with Crippen LogP contribution < -0.4 is 10.3 Å². The van der Waals surface area contributed by atoms with Crippen LogP contribution in [0.5, 0.6) is 0 Å². The third kappa shape index (κ3) is 4.74. The Labute approximate surface area is 206 Å². The molecule has 4 rings (SSSR count). The molecule has 0 unspecified atom stereocenters. The highest BCUT2D eigenvalue weighted by molar-refractivity contribution is 5.91. The molecule has 6 nitrogen and oxygen atoms in total. The van der Waals surface area contributed by atoms with E-state index in [9.17, 15) is 9.90 Å². The van der Waals surface area contributed by atoms with E-state index in [1.165, 1.54) is 0 Å². The molecule has 1 amide bonds. The smallest absolute Gasteiger partial charge is 0.281 e. The molecule has 0 saturated carbocycles. The van der Waals surface area contributed by atoms with Crippen LogP contribution >= 0.6 is 0 Å². The maximum Gasteiger partial charge on any atom is 0.281 e. The van der Waals surface area contributed by atoms with Crippen LogP contribution in [-0.2, 0) is 10.4 Å². The zero-order valence-corrected chi connectivity index (χ0v) is 20.4. The highest BCUT2D eigenvalue weighted by atomic mass is 16.3. The number of hydrogen-bond donors (Lipinski definition) is 2. The first-order chi connectivity index (χ1) is 16.8. The molecule has 0 saturated heterocycles. The lowest BCUT2D eigenvalue weighted by Crippen LogP contribution is -2.43. The molecule has 1 aromatic heterocycles. The second-order valence-corrected chi connectivity index (χ2v) is 8.71. The van der Waals surface area contributed by atoms with Gasteiger partial charge in [-0.3, -0.25) is 4.79 Å². The van der Waals surface area contributed by atoms with Crippen LogP contribution in [-0.4, -0.2) is 35.9 Å². The summed E-state index contributed by atoms with van der Waals surface area (Å²) in [7, 11) is 4.03. The second-order valence-electron chi connectivity index (χ2n) is 8.71. The lowest BCUT2D eigenvalue weighted by molar-refractivity contribution is -0.136. The summed E-state index contributed by atoms with van der Waals surface area (Å²) in [5, 5.41) is 15.7. The van der Waals surface area contributed by atoms with Crippen molar-refractivity contribution < 1.29 is 9.90 Å². The molecule has 6 heteroatoms. The van der Waals surface area contributed by atoms with Gasteiger partial charge in [0, 0.05) is 42.4 Å². The Hall–Kier alpha value is -4.16. The van der Waals surface area contributed by atoms with Crippen LogP contribution in [0.15, 0.2) is 96.1 Å². The number of hydrazone groups is 1. The minimum absolute atomic E-state index is 0.471. The van der Waals surface area contributed by atoms with E-state index in [1.807, 2.05) is 46.1 Å². The Balaban J connectivity index is 1.59. The fourth-order valence-corrected chi connectivity index (χ4v) is 4.24. The molecule has 0 radical (unpaired) electrons. The molecule has 0 spiro atoms. The summed E-state index contributed by atoms with van der Waals surface area (Å²) < 4.78 is 2.15. The molecule has 1 heterocycles. The maximum atomic E-state index is 13.2. The molecule has 0 aliphatic rings. The van der Waals surface area contributed by atoms with E-state index in [-0.39, 0.29) is 0 Å². The first kappa shape index (κ1) is 24.0. The SMILES string of the molecule is Cc1cc(/C=N\NC(=O)C(O)(c2ccccc2)c2ccccc2)c(C)n1-c1ccc(N(C)C)cc1. The number of carbonyl (C=O) groups excluding carboxylic acids is 1. The number of aliphatic hydroxyl groups is 1. The molecule has 3 aromatic carbocycles. The fraction of sp³-hybridized carbons (Fsp3) is 0.172. The summed E-state index contributed by atoms with van der Waals surface area (Å²) in [6.07, 6.45) is 1.61. The lowest BCUT2D eigenvalue weighted by Gasteiger charge is -2.27. The summed E-state index contributed by atoms with van der Waals surface area (Å²) in [4.78, 5) is 15.3. The molecular weight excluding hydrogens is 436 g/mol. The van der Waals surface area contributed by atoms with Gasteiger partial charge in [-0.2, -0.15) is 5.10 Å². The van der Waals surface area contributed by atoms with Crippen molar-refractivity contribution in [1.29, 1.82) is 0 Å². The highest BCUT2D eigenvalue weighted by Gasteiger charge is 2.39. The Morgan fingerprint density at radius 3 is 1.97 bits per heavy atom. The molecule has 0 fully saturated rings. The predicted molar refractivity (Wildman–Crippen MR) is 141 cm³/mol. The van der Waals surface area contributed by atoms with E-state index in [0.29, 0.717) is 11.1 Å². The van der Waals surface area contributed by atoms with Crippen molar-refractivity contribution in [3.8, 4) is 5.69 Å². The van der Waals surface area contributed by atoms with Gasteiger partial charge in [-0.05, 0) is 55.3 Å². The normalized spacial score (nSPS) is 11.6. The zero-order valence-electron chi connectivity index (χ0n) is 20.4. The van der Waals surface area contributed by atoms with Crippen LogP contribution in [0.1, 0.15) is 28.1 Å². The van der Waals surface area contributed by atoms with E-state index >= 15 is 0 Å². The van der Waals surface area contributed by atoms with Gasteiger partial charge in [0.1, 0.15) is 0 Å². The Kier molecular flexibility index (Phi) is 6.85. The summed E-state index contributed by atoms with van der Waals surface area (Å²) >= 11 is 0. The number of aryl methyl sites for hydroxylation is 1. The average Bonchev–Trinajstić information content (AvgIpc) is 3.17. The molecule has 0 aliphatic heterocycles. The van der Waals surface area contributed by atoms with Gasteiger partial charge in [0.2, 0.25) is 0 Å². The standard InChI is InChI=1S/C29H30N4O2/c1-21-19-23(22(2)33(21)27-17-15-26(16-18-27)32(3)4)20-30-31-28(34)29(35,24-11-7-5-8-12-24)25-13-9-6-10-14-25/h5-20,35H,1-4H3,(H,31,34)/b30-20-. The summed E-state index contributed by atoms with van der Waals surface area (Å²) in [5.41, 5.74) is 6.73. The van der Waals surface area contributed by atoms with Gasteiger partial charge in [0.05, 0.1) is 6.21 Å². The summed E-state index contributed by atoms with van der Waals surface area (Å²) in [6, 6.07) is 28.1. The topological polar surface area (TPSA) is 69.9 Å². The number of benzene rings is 3. The largest absolute Gasteiger partial charge is 0.378 e. The monoisotopic (exact) mass is 466 g/mol. The van der Waals surface area contributed by atoms with Crippen molar-refractivity contribution >= 4 is 17.8 Å². The lowest BCUT2D eigenvalue weighted by atomic mass is 9.85. The van der Waals surface area contributed by atoms with Crippen molar-refractivity contribution in [2.24, 2.45) is 5.10 Å². The van der Waals surface area contributed by atoms with E-state index in [0.717, 1.165) is 28.3 Å². The third-order valence-corrected chi connectivity index (χ3v) is 6.18. The van der Waals surface area contributed by atoms with Crippen LogP contribution in [0.3, 0.4) is 0 Å². The molecule has 0 bridgehead atoms. The first-order valence-corrected chi connectivity index (χ1v) is 11.5. The number of nitrogens with one attached hydrogen (secondary N) is 1. The quantitative estimate of drug-likeness (QED) is 0.310. The van der Waals surface area contributed by atoms with Crippen molar-refractivity contribution in [2.45, 2.75) is 19.4 Å². The van der Waals surface area contributed by atoms with Gasteiger partial charge in [-0.1, -0.05) is 60.7 Å². The van der Waals surface area contributed by atoms with Crippen molar-refractivity contribution in [2.75, 3.05) is 19.0 Å². The van der Waals surface area contributed by atoms with Gasteiger partial charge < -0.3 is 14.6 Å². The third-order valence-electron chi connectivity index (χ3n) is 6.18. The van der Waals surface area contributed by atoms with Gasteiger partial charge in [0.25, 0.3) is 5.91 Å². The first-order valence-electron chi connectivity index (χ1n) is 11.5. The van der Waals surface area contributed by atoms with Crippen LogP contribution in [0.25, 0.3) is 5.69 Å². The number of anilines is 1. The minimum Gasteiger partial charge on any atom is -0.378 e. The van der Waals surface area contributed by atoms with Gasteiger partial charge in [0.15, 0.2) is 5.60 Å². The summed E-state index contributed by atoms with van der Waals surface area (Å²) in [6.45, 7) is 4.05. The number of carbonyl (C=O) groups is 1. The molecular formula is C29H30N4O2. The van der Waals surface area contributed by atoms with Crippen LogP contribution in [0, 0.1) is 13.8 Å². The Bertz CT molecular complexity index is 1290. The highest BCUT2D eigenvalue weighted by Crippen LogP contribution is 2.30. The van der Waals surface area contributed by atoms with Gasteiger partial charge >= 0.3 is 0 Å². The fourth-order valence-electron chi connectivity index (χ4n) is 4.24. The maximum absolute atomic E-state index is 13.2. The van der Waals surface area contributed by atoms with Crippen LogP contribution in [0.4, 0.5) is 5.69 Å². The van der Waals surface area contributed by atoms with E-state index < -0.39 is 11.5 Å². The molecule has 2 N–H and O–H groups in total. The molecule has 4 aromatic rings. The Morgan fingerprint density at radius 2 is 1.46 bits per heavy atom. The predicted octanol–water partition coefficient (Wildman–Crippen LogP) is 4.55. The van der Waals surface area contributed by atoms with Crippen molar-refractivity contribution in [1.82, 2.24) is 9.99 Å². The van der Waals surface area contributed by atoms with Gasteiger partial charge in [-0.15, -0.1) is 0 Å². The van der Waals surface area contributed by atoms with Crippen molar-refractivity contribution in [3.63, 3.8) is 0 Å². The zero-order chi connectivity index (χ0) is 25.0. The number of amides is 1.